The Hall–Kier alpha value is -0.440. The summed E-state index contributed by atoms with van der Waals surface area (Å²) in [7, 11) is 0. The summed E-state index contributed by atoms with van der Waals surface area (Å²) in [6.07, 6.45) is 45.7. The first kappa shape index (κ1) is 41.6. The normalized spacial score (nSPS) is 11.3. The minimum absolute atomic E-state index is 0.234. The van der Waals surface area contributed by atoms with Crippen molar-refractivity contribution in [2.45, 2.75) is 232 Å². The third-order valence-electron chi connectivity index (χ3n) is 8.97. The van der Waals surface area contributed by atoms with Crippen LogP contribution in [0.5, 0.6) is 0 Å². The number of carbonyl (C=O) groups is 1. The first-order valence-electron chi connectivity index (χ1n) is 19.4. The van der Waals surface area contributed by atoms with Crippen LogP contribution in [0.15, 0.2) is 0 Å². The minimum Gasteiger partial charge on any atom is -0.462 e. The van der Waals surface area contributed by atoms with E-state index in [1.807, 2.05) is 0 Å². The van der Waals surface area contributed by atoms with Crippen molar-refractivity contribution in [2.75, 3.05) is 6.61 Å². The average Bonchev–Trinajstić information content (AvgIpc) is 3.00. The second-order valence-electron chi connectivity index (χ2n) is 13.3. The smallest absolute Gasteiger partial charge is 0.344 e. The molecule has 0 N–H and O–H groups in total. The maximum atomic E-state index is 12.1. The molecule has 0 heterocycles. The molecule has 0 saturated heterocycles. The third-order valence-corrected chi connectivity index (χ3v) is 9.34. The zero-order valence-electron chi connectivity index (χ0n) is 29.0. The van der Waals surface area contributed by atoms with Crippen molar-refractivity contribution in [1.29, 1.82) is 0 Å². The topological polar surface area (TPSA) is 26.3 Å². The number of esters is 1. The van der Waals surface area contributed by atoms with Gasteiger partial charge in [0.1, 0.15) is 4.86 Å². The molecule has 0 fully saturated rings. The van der Waals surface area contributed by atoms with Gasteiger partial charge < -0.3 is 4.74 Å². The molecule has 0 aliphatic carbocycles. The lowest BCUT2D eigenvalue weighted by Gasteiger charge is -2.07. The Morgan fingerprint density at radius 3 is 0.905 bits per heavy atom. The zero-order valence-corrected chi connectivity index (χ0v) is 29.8. The van der Waals surface area contributed by atoms with Gasteiger partial charge in [-0.15, -0.1) is 0 Å². The summed E-state index contributed by atoms with van der Waals surface area (Å²) >= 11 is 5.33. The van der Waals surface area contributed by atoms with Gasteiger partial charge in [0.2, 0.25) is 0 Å². The minimum atomic E-state index is -0.234. The first-order valence-corrected chi connectivity index (χ1v) is 19.8. The van der Waals surface area contributed by atoms with Crippen molar-refractivity contribution in [3.8, 4) is 0 Å². The maximum absolute atomic E-state index is 12.1. The lowest BCUT2D eigenvalue weighted by molar-refractivity contribution is -0.135. The summed E-state index contributed by atoms with van der Waals surface area (Å²) in [5.41, 5.74) is 0. The SMILES string of the molecule is CCCCCCCCCCCCCCCCCCCC(=S)C(=O)OCCCCCCCCCCCCCCCCCC. The summed E-state index contributed by atoms with van der Waals surface area (Å²) < 4.78 is 5.43. The Bertz CT molecular complexity index is 499. The Balaban J connectivity index is 3.27. The van der Waals surface area contributed by atoms with Gasteiger partial charge in [-0.25, -0.2) is 4.79 Å². The van der Waals surface area contributed by atoms with E-state index in [2.05, 4.69) is 13.8 Å². The number of unbranched alkanes of at least 4 members (excludes halogenated alkanes) is 31. The molecular weight excluding hydrogens is 532 g/mol. The lowest BCUT2D eigenvalue weighted by atomic mass is 10.0. The standard InChI is InChI=1S/C39H76O2S/c1-3-5-7-9-11-13-15-17-19-21-22-24-26-28-30-32-34-36-38(42)39(40)41-37-35-33-31-29-27-25-23-20-18-16-14-12-10-8-6-4-2/h3-37H2,1-2H3. The van der Waals surface area contributed by atoms with Crippen molar-refractivity contribution in [3.63, 3.8) is 0 Å². The number of carbonyl (C=O) groups excluding carboxylic acids is 1. The van der Waals surface area contributed by atoms with Crippen molar-refractivity contribution in [1.82, 2.24) is 0 Å². The van der Waals surface area contributed by atoms with E-state index in [1.165, 1.54) is 193 Å². The number of hydrogen-bond donors (Lipinski definition) is 0. The molecule has 0 aromatic rings. The molecule has 2 nitrogen and oxygen atoms in total. The van der Waals surface area contributed by atoms with Crippen LogP contribution in [0.4, 0.5) is 0 Å². The van der Waals surface area contributed by atoms with Gasteiger partial charge in [-0.1, -0.05) is 225 Å². The Labute approximate surface area is 270 Å². The number of ether oxygens (including phenoxy) is 1. The quantitative estimate of drug-likeness (QED) is 0.0402. The van der Waals surface area contributed by atoms with E-state index in [1.54, 1.807) is 0 Å². The summed E-state index contributed by atoms with van der Waals surface area (Å²) in [5, 5.41) is 0. The van der Waals surface area contributed by atoms with Gasteiger partial charge in [0.25, 0.3) is 0 Å². The number of rotatable bonds is 36. The zero-order chi connectivity index (χ0) is 30.6. The Morgan fingerprint density at radius 2 is 0.619 bits per heavy atom. The van der Waals surface area contributed by atoms with Gasteiger partial charge in [0.05, 0.1) is 6.61 Å². The van der Waals surface area contributed by atoms with Gasteiger partial charge in [0, 0.05) is 0 Å². The molecule has 0 unspecified atom stereocenters. The van der Waals surface area contributed by atoms with Crippen molar-refractivity contribution < 1.29 is 9.53 Å². The molecule has 3 heteroatoms. The van der Waals surface area contributed by atoms with E-state index < -0.39 is 0 Å². The fraction of sp³-hybridized carbons (Fsp3) is 0.949. The summed E-state index contributed by atoms with van der Waals surface area (Å²) in [4.78, 5) is 12.6. The molecular formula is C39H76O2S. The van der Waals surface area contributed by atoms with E-state index in [0.717, 1.165) is 25.7 Å². The van der Waals surface area contributed by atoms with Crippen LogP contribution in [0, 0.1) is 0 Å². The summed E-state index contributed by atoms with van der Waals surface area (Å²) in [5.74, 6) is -0.234. The molecule has 0 aromatic heterocycles. The van der Waals surface area contributed by atoms with Crippen LogP contribution in [0.2, 0.25) is 0 Å². The molecule has 0 radical (unpaired) electrons. The molecule has 0 aliphatic heterocycles. The van der Waals surface area contributed by atoms with Gasteiger partial charge in [-0.3, -0.25) is 0 Å². The van der Waals surface area contributed by atoms with E-state index in [9.17, 15) is 4.79 Å². The number of thiocarbonyl (C=S) groups is 1. The van der Waals surface area contributed by atoms with Crippen LogP contribution in [0.25, 0.3) is 0 Å². The second-order valence-corrected chi connectivity index (χ2v) is 13.8. The molecule has 0 aromatic carbocycles. The Morgan fingerprint density at radius 1 is 0.381 bits per heavy atom. The van der Waals surface area contributed by atoms with Crippen LogP contribution in [-0.4, -0.2) is 17.4 Å². The highest BCUT2D eigenvalue weighted by atomic mass is 32.1. The molecule has 0 rings (SSSR count). The summed E-state index contributed by atoms with van der Waals surface area (Å²) in [6.45, 7) is 5.12. The van der Waals surface area contributed by atoms with E-state index in [4.69, 9.17) is 17.0 Å². The fourth-order valence-corrected chi connectivity index (χ4v) is 6.21. The van der Waals surface area contributed by atoms with E-state index >= 15 is 0 Å². The lowest BCUT2D eigenvalue weighted by Crippen LogP contribution is -2.16. The molecule has 250 valence electrons. The predicted octanol–water partition coefficient (Wildman–Crippen LogP) is 14.2. The number of hydrogen-bond acceptors (Lipinski definition) is 3. The highest BCUT2D eigenvalue weighted by Crippen LogP contribution is 2.16. The van der Waals surface area contributed by atoms with Crippen molar-refractivity contribution in [3.05, 3.63) is 0 Å². The summed E-state index contributed by atoms with van der Waals surface area (Å²) in [6, 6.07) is 0. The highest BCUT2D eigenvalue weighted by molar-refractivity contribution is 7.82. The molecule has 0 bridgehead atoms. The van der Waals surface area contributed by atoms with Crippen molar-refractivity contribution in [2.24, 2.45) is 0 Å². The van der Waals surface area contributed by atoms with Crippen LogP contribution in [0.1, 0.15) is 232 Å². The van der Waals surface area contributed by atoms with Crippen LogP contribution in [-0.2, 0) is 9.53 Å². The monoisotopic (exact) mass is 609 g/mol. The van der Waals surface area contributed by atoms with Gasteiger partial charge in [0.15, 0.2) is 0 Å². The second kappa shape index (κ2) is 36.8. The van der Waals surface area contributed by atoms with E-state index in [0.29, 0.717) is 11.5 Å². The van der Waals surface area contributed by atoms with Crippen molar-refractivity contribution >= 4 is 23.1 Å². The maximum Gasteiger partial charge on any atom is 0.344 e. The van der Waals surface area contributed by atoms with Crippen LogP contribution < -0.4 is 0 Å². The highest BCUT2D eigenvalue weighted by Gasteiger charge is 2.10. The van der Waals surface area contributed by atoms with Gasteiger partial charge in [-0.2, -0.15) is 0 Å². The first-order chi connectivity index (χ1) is 20.7. The predicted molar refractivity (Wildman–Crippen MR) is 192 cm³/mol. The van der Waals surface area contributed by atoms with Gasteiger partial charge in [-0.05, 0) is 19.3 Å². The van der Waals surface area contributed by atoms with Gasteiger partial charge >= 0.3 is 5.97 Å². The van der Waals surface area contributed by atoms with Crippen LogP contribution >= 0.6 is 12.2 Å². The third kappa shape index (κ3) is 34.1. The molecule has 0 saturated carbocycles. The molecule has 42 heavy (non-hydrogen) atoms. The van der Waals surface area contributed by atoms with E-state index in [-0.39, 0.29) is 5.97 Å². The molecule has 0 spiro atoms. The average molecular weight is 609 g/mol. The fourth-order valence-electron chi connectivity index (χ4n) is 6.01. The molecule has 0 amide bonds. The largest absolute Gasteiger partial charge is 0.462 e. The molecule has 0 aliphatic rings. The van der Waals surface area contributed by atoms with Crippen LogP contribution in [0.3, 0.4) is 0 Å². The Kier molecular flexibility index (Phi) is 36.4. The molecule has 0 atom stereocenters.